The van der Waals surface area contributed by atoms with Crippen LogP contribution in [0.25, 0.3) is 0 Å². The summed E-state index contributed by atoms with van der Waals surface area (Å²) >= 11 is 0. The van der Waals surface area contributed by atoms with Crippen molar-refractivity contribution >= 4 is 5.78 Å². The number of rotatable bonds is 4. The van der Waals surface area contributed by atoms with Crippen molar-refractivity contribution in [3.05, 3.63) is 18.0 Å². The molecule has 0 aromatic carbocycles. The van der Waals surface area contributed by atoms with E-state index in [9.17, 15) is 4.79 Å². The van der Waals surface area contributed by atoms with E-state index in [2.05, 4.69) is 10.4 Å². The lowest BCUT2D eigenvalue weighted by molar-refractivity contribution is 0.0990. The van der Waals surface area contributed by atoms with Gasteiger partial charge in [-0.3, -0.25) is 9.48 Å². The van der Waals surface area contributed by atoms with Gasteiger partial charge in [0.05, 0.1) is 18.3 Å². The number of hydrogen-bond acceptors (Lipinski definition) is 3. The fourth-order valence-corrected chi connectivity index (χ4v) is 1.19. The van der Waals surface area contributed by atoms with Crippen LogP contribution >= 0.6 is 0 Å². The van der Waals surface area contributed by atoms with Crippen molar-refractivity contribution in [3.8, 4) is 0 Å². The van der Waals surface area contributed by atoms with Gasteiger partial charge in [-0.2, -0.15) is 5.10 Å². The van der Waals surface area contributed by atoms with Gasteiger partial charge in [-0.25, -0.2) is 0 Å². The van der Waals surface area contributed by atoms with Crippen molar-refractivity contribution in [2.24, 2.45) is 7.05 Å². The molecule has 0 radical (unpaired) electrons. The van der Waals surface area contributed by atoms with E-state index in [-0.39, 0.29) is 5.78 Å². The molecule has 70 valence electrons. The molecule has 4 nitrogen and oxygen atoms in total. The number of ketones is 1. The minimum atomic E-state index is 0.125. The van der Waals surface area contributed by atoms with Crippen molar-refractivity contribution in [2.75, 3.05) is 6.54 Å². The molecular weight excluding hydrogens is 166 g/mol. The SMILES string of the molecule is Cn1cc(C(=O)CNC2CC2)cn1. The molecule has 0 spiro atoms. The third kappa shape index (κ3) is 2.15. The molecule has 1 aliphatic rings. The van der Waals surface area contributed by atoms with E-state index in [1.807, 2.05) is 7.05 Å². The van der Waals surface area contributed by atoms with Crippen LogP contribution < -0.4 is 5.32 Å². The minimum Gasteiger partial charge on any atom is -0.307 e. The van der Waals surface area contributed by atoms with E-state index in [0.717, 1.165) is 0 Å². The minimum absolute atomic E-state index is 0.125. The highest BCUT2D eigenvalue weighted by Gasteiger charge is 2.21. The van der Waals surface area contributed by atoms with Crippen LogP contribution in [0.1, 0.15) is 23.2 Å². The van der Waals surface area contributed by atoms with Crippen LogP contribution in [0.4, 0.5) is 0 Å². The maximum absolute atomic E-state index is 11.5. The summed E-state index contributed by atoms with van der Waals surface area (Å²) < 4.78 is 1.64. The number of carbonyl (C=O) groups excluding carboxylic acids is 1. The zero-order valence-corrected chi connectivity index (χ0v) is 7.66. The van der Waals surface area contributed by atoms with Crippen LogP contribution in [0.5, 0.6) is 0 Å². The fraction of sp³-hybridized carbons (Fsp3) is 0.556. The van der Waals surface area contributed by atoms with Gasteiger partial charge < -0.3 is 5.32 Å². The Morgan fingerprint density at radius 2 is 2.54 bits per heavy atom. The van der Waals surface area contributed by atoms with Crippen molar-refractivity contribution < 1.29 is 4.79 Å². The molecule has 1 fully saturated rings. The number of nitrogens with one attached hydrogen (secondary N) is 1. The third-order valence-corrected chi connectivity index (χ3v) is 2.16. The lowest BCUT2D eigenvalue weighted by Crippen LogP contribution is -2.24. The van der Waals surface area contributed by atoms with Crippen molar-refractivity contribution in [3.63, 3.8) is 0 Å². The van der Waals surface area contributed by atoms with Gasteiger partial charge in [-0.1, -0.05) is 0 Å². The highest BCUT2D eigenvalue weighted by molar-refractivity contribution is 5.97. The quantitative estimate of drug-likeness (QED) is 0.679. The normalized spacial score (nSPS) is 16.1. The Hall–Kier alpha value is -1.16. The van der Waals surface area contributed by atoms with Crippen LogP contribution in [0.15, 0.2) is 12.4 Å². The van der Waals surface area contributed by atoms with E-state index in [1.54, 1.807) is 17.1 Å². The number of aromatic nitrogens is 2. The van der Waals surface area contributed by atoms with Crippen LogP contribution in [0, 0.1) is 0 Å². The van der Waals surface area contributed by atoms with Gasteiger partial charge in [0.2, 0.25) is 0 Å². The Bertz CT molecular complexity index is 314. The number of hydrogen-bond donors (Lipinski definition) is 1. The monoisotopic (exact) mass is 179 g/mol. The Balaban J connectivity index is 1.88. The lowest BCUT2D eigenvalue weighted by Gasteiger charge is -1.98. The smallest absolute Gasteiger partial charge is 0.179 e. The van der Waals surface area contributed by atoms with Gasteiger partial charge >= 0.3 is 0 Å². The van der Waals surface area contributed by atoms with Crippen LogP contribution in [0.3, 0.4) is 0 Å². The van der Waals surface area contributed by atoms with Crippen LogP contribution in [-0.2, 0) is 7.05 Å². The van der Waals surface area contributed by atoms with E-state index in [1.165, 1.54) is 12.8 Å². The van der Waals surface area contributed by atoms with Crippen LogP contribution in [-0.4, -0.2) is 28.2 Å². The van der Waals surface area contributed by atoms with Gasteiger partial charge in [0.25, 0.3) is 0 Å². The number of carbonyl (C=O) groups is 1. The predicted octanol–water partition coefficient (Wildman–Crippen LogP) is 0.355. The van der Waals surface area contributed by atoms with Gasteiger partial charge in [0.15, 0.2) is 5.78 Å². The summed E-state index contributed by atoms with van der Waals surface area (Å²) in [5, 5.41) is 7.13. The molecule has 13 heavy (non-hydrogen) atoms. The maximum Gasteiger partial charge on any atom is 0.179 e. The highest BCUT2D eigenvalue weighted by Crippen LogP contribution is 2.18. The van der Waals surface area contributed by atoms with Crippen molar-refractivity contribution in [1.82, 2.24) is 15.1 Å². The molecule has 0 aliphatic heterocycles. The molecule has 0 atom stereocenters. The first-order chi connectivity index (χ1) is 6.25. The standard InChI is InChI=1S/C9H13N3O/c1-12-6-7(4-11-12)9(13)5-10-8-2-3-8/h4,6,8,10H,2-3,5H2,1H3. The molecule has 4 heteroatoms. The molecule has 0 bridgehead atoms. The van der Waals surface area contributed by atoms with Gasteiger partial charge in [0.1, 0.15) is 0 Å². The van der Waals surface area contributed by atoms with Crippen LogP contribution in [0.2, 0.25) is 0 Å². The number of Topliss-reactive ketones (excluding diaryl/α,β-unsaturated/α-hetero) is 1. The summed E-state index contributed by atoms with van der Waals surface area (Å²) in [5.74, 6) is 0.125. The molecule has 0 amide bonds. The molecule has 1 aromatic rings. The Morgan fingerprint density at radius 3 is 3.08 bits per heavy atom. The largest absolute Gasteiger partial charge is 0.307 e. The Kier molecular flexibility index (Phi) is 2.14. The average molecular weight is 179 g/mol. The molecule has 1 N–H and O–H groups in total. The highest BCUT2D eigenvalue weighted by atomic mass is 16.1. The topological polar surface area (TPSA) is 46.9 Å². The average Bonchev–Trinajstić information content (AvgIpc) is 2.84. The summed E-state index contributed by atoms with van der Waals surface area (Å²) in [4.78, 5) is 11.5. The molecule has 1 saturated carbocycles. The van der Waals surface area contributed by atoms with Gasteiger partial charge in [0, 0.05) is 19.3 Å². The van der Waals surface area contributed by atoms with Crippen molar-refractivity contribution in [2.45, 2.75) is 18.9 Å². The first-order valence-corrected chi connectivity index (χ1v) is 4.51. The zero-order chi connectivity index (χ0) is 9.26. The molecule has 1 aliphatic carbocycles. The second kappa shape index (κ2) is 3.30. The molecule has 0 saturated heterocycles. The van der Waals surface area contributed by atoms with E-state index < -0.39 is 0 Å². The summed E-state index contributed by atoms with van der Waals surface area (Å²) in [5.41, 5.74) is 0.690. The second-order valence-corrected chi connectivity index (χ2v) is 3.48. The molecular formula is C9H13N3O. The Morgan fingerprint density at radius 1 is 1.77 bits per heavy atom. The number of aryl methyl sites for hydroxylation is 1. The molecule has 1 aromatic heterocycles. The van der Waals surface area contributed by atoms with E-state index in [0.29, 0.717) is 18.2 Å². The molecule has 0 unspecified atom stereocenters. The third-order valence-electron chi connectivity index (χ3n) is 2.16. The summed E-state index contributed by atoms with van der Waals surface area (Å²) in [6, 6.07) is 0.584. The van der Waals surface area contributed by atoms with E-state index >= 15 is 0 Å². The van der Waals surface area contributed by atoms with E-state index in [4.69, 9.17) is 0 Å². The van der Waals surface area contributed by atoms with Crippen molar-refractivity contribution in [1.29, 1.82) is 0 Å². The molecule has 2 rings (SSSR count). The zero-order valence-electron chi connectivity index (χ0n) is 7.66. The fourth-order valence-electron chi connectivity index (χ4n) is 1.19. The first kappa shape index (κ1) is 8.44. The predicted molar refractivity (Wildman–Crippen MR) is 48.6 cm³/mol. The lowest BCUT2D eigenvalue weighted by atomic mass is 10.2. The van der Waals surface area contributed by atoms with Gasteiger partial charge in [-0.15, -0.1) is 0 Å². The first-order valence-electron chi connectivity index (χ1n) is 4.51. The summed E-state index contributed by atoms with van der Waals surface area (Å²) in [6.07, 6.45) is 5.77. The second-order valence-electron chi connectivity index (χ2n) is 3.48. The maximum atomic E-state index is 11.5. The summed E-state index contributed by atoms with van der Waals surface area (Å²) in [7, 11) is 1.81. The van der Waals surface area contributed by atoms with Gasteiger partial charge in [-0.05, 0) is 12.8 Å². The number of nitrogens with zero attached hydrogens (tertiary/aromatic N) is 2. The molecule has 1 heterocycles. The Labute approximate surface area is 76.9 Å². The summed E-state index contributed by atoms with van der Waals surface area (Å²) in [6.45, 7) is 0.441.